The number of halogens is 2. The number of carboxylic acids is 1. The first-order valence-corrected chi connectivity index (χ1v) is 12.6. The number of amides is 1. The number of carboxylic acid groups (broad SMARTS) is 1. The van der Waals surface area contributed by atoms with Gasteiger partial charge >= 0.3 is 5.97 Å². The van der Waals surface area contributed by atoms with Gasteiger partial charge in [-0.15, -0.1) is 12.4 Å². The maximum Gasteiger partial charge on any atom is 0.322 e. The second-order valence-electron chi connectivity index (χ2n) is 7.77. The fraction of sp³-hybridized carbons (Fsp3) is 0.200. The molecule has 0 heterocycles. The molecule has 0 saturated heterocycles. The highest BCUT2D eigenvalue weighted by molar-refractivity contribution is 7.91. The SMILES string of the molecule is Cl.O=C(O)CNC(=O)c1ccc(S(=O)(=O)c2ccc(CCNC[C@H](O)c3cccc(Cl)c3)cc2)cc1. The number of nitrogens with one attached hydrogen (secondary N) is 2. The largest absolute Gasteiger partial charge is 0.480 e. The normalized spacial score (nSPS) is 11.8. The Hall–Kier alpha value is -2.95. The summed E-state index contributed by atoms with van der Waals surface area (Å²) in [5.41, 5.74) is 1.82. The summed E-state index contributed by atoms with van der Waals surface area (Å²) in [7, 11) is -3.78. The first kappa shape index (κ1) is 29.3. The number of carbonyl (C=O) groups excluding carboxylic acids is 1. The van der Waals surface area contributed by atoms with E-state index in [9.17, 15) is 23.1 Å². The molecular weight excluding hydrogens is 527 g/mol. The summed E-state index contributed by atoms with van der Waals surface area (Å²) in [4.78, 5) is 22.6. The Bertz CT molecular complexity index is 1280. The van der Waals surface area contributed by atoms with Gasteiger partial charge in [0.05, 0.1) is 15.9 Å². The van der Waals surface area contributed by atoms with Crippen LogP contribution in [0.5, 0.6) is 0 Å². The van der Waals surface area contributed by atoms with Crippen molar-refractivity contribution in [2.75, 3.05) is 19.6 Å². The number of carbonyl (C=O) groups is 2. The molecule has 0 fully saturated rings. The lowest BCUT2D eigenvalue weighted by Crippen LogP contribution is -2.29. The van der Waals surface area contributed by atoms with E-state index in [-0.39, 0.29) is 27.8 Å². The number of aliphatic hydroxyl groups is 1. The predicted octanol–water partition coefficient (Wildman–Crippen LogP) is 3.27. The summed E-state index contributed by atoms with van der Waals surface area (Å²) < 4.78 is 25.8. The van der Waals surface area contributed by atoms with E-state index in [0.29, 0.717) is 24.5 Å². The molecule has 0 aliphatic rings. The van der Waals surface area contributed by atoms with Crippen LogP contribution in [0.25, 0.3) is 0 Å². The Morgan fingerprint density at radius 1 is 0.944 bits per heavy atom. The molecule has 0 unspecified atom stereocenters. The molecular formula is C25H26Cl2N2O6S. The first-order valence-electron chi connectivity index (χ1n) is 10.7. The Morgan fingerprint density at radius 2 is 1.56 bits per heavy atom. The zero-order chi connectivity index (χ0) is 25.4. The summed E-state index contributed by atoms with van der Waals surface area (Å²) in [6.45, 7) is 0.426. The molecule has 0 saturated carbocycles. The summed E-state index contributed by atoms with van der Waals surface area (Å²) in [5, 5.41) is 24.8. The van der Waals surface area contributed by atoms with Crippen molar-refractivity contribution in [1.82, 2.24) is 10.6 Å². The molecule has 3 aromatic carbocycles. The van der Waals surface area contributed by atoms with Gasteiger partial charge in [-0.2, -0.15) is 0 Å². The maximum atomic E-state index is 12.9. The van der Waals surface area contributed by atoms with Gasteiger partial charge in [-0.25, -0.2) is 8.42 Å². The lowest BCUT2D eigenvalue weighted by molar-refractivity contribution is -0.135. The lowest BCUT2D eigenvalue weighted by Gasteiger charge is -2.13. The number of benzene rings is 3. The average Bonchev–Trinajstić information content (AvgIpc) is 2.85. The Morgan fingerprint density at radius 3 is 2.14 bits per heavy atom. The van der Waals surface area contributed by atoms with Crippen molar-refractivity contribution in [3.05, 3.63) is 94.5 Å². The highest BCUT2D eigenvalue weighted by atomic mass is 35.5. The molecule has 0 spiro atoms. The van der Waals surface area contributed by atoms with Gasteiger partial charge in [-0.3, -0.25) is 9.59 Å². The van der Waals surface area contributed by atoms with Gasteiger partial charge in [-0.1, -0.05) is 35.9 Å². The van der Waals surface area contributed by atoms with E-state index in [2.05, 4.69) is 10.6 Å². The number of aliphatic carboxylic acids is 1. The quantitative estimate of drug-likeness (QED) is 0.268. The molecule has 1 atom stereocenters. The summed E-state index contributed by atoms with van der Waals surface area (Å²) in [6, 6.07) is 18.9. The summed E-state index contributed by atoms with van der Waals surface area (Å²) >= 11 is 5.95. The van der Waals surface area contributed by atoms with Crippen molar-refractivity contribution in [2.24, 2.45) is 0 Å². The maximum absolute atomic E-state index is 12.9. The van der Waals surface area contributed by atoms with Gasteiger partial charge in [-0.05, 0) is 72.6 Å². The number of sulfone groups is 1. The minimum atomic E-state index is -3.78. The second kappa shape index (κ2) is 13.4. The molecule has 3 aromatic rings. The molecule has 0 aromatic heterocycles. The number of hydrogen-bond acceptors (Lipinski definition) is 6. The Labute approximate surface area is 220 Å². The highest BCUT2D eigenvalue weighted by Crippen LogP contribution is 2.22. The van der Waals surface area contributed by atoms with Crippen molar-refractivity contribution >= 4 is 45.7 Å². The fourth-order valence-electron chi connectivity index (χ4n) is 3.32. The first-order chi connectivity index (χ1) is 16.7. The fourth-order valence-corrected chi connectivity index (χ4v) is 4.78. The van der Waals surface area contributed by atoms with Crippen molar-refractivity contribution in [2.45, 2.75) is 22.3 Å². The van der Waals surface area contributed by atoms with Crippen LogP contribution >= 0.6 is 24.0 Å². The van der Waals surface area contributed by atoms with Gasteiger partial charge in [0.15, 0.2) is 0 Å². The third kappa shape index (κ3) is 8.04. The highest BCUT2D eigenvalue weighted by Gasteiger charge is 2.18. The van der Waals surface area contributed by atoms with E-state index < -0.39 is 34.4 Å². The molecule has 0 radical (unpaired) electrons. The number of aliphatic hydroxyl groups excluding tert-OH is 1. The Balaban J connectivity index is 0.00000456. The van der Waals surface area contributed by atoms with E-state index in [1.165, 1.54) is 36.4 Å². The van der Waals surface area contributed by atoms with Crippen LogP contribution in [0.15, 0.2) is 82.6 Å². The van der Waals surface area contributed by atoms with Crippen LogP contribution in [0.3, 0.4) is 0 Å². The van der Waals surface area contributed by atoms with Crippen LogP contribution in [0.1, 0.15) is 27.6 Å². The zero-order valence-electron chi connectivity index (χ0n) is 19.1. The van der Waals surface area contributed by atoms with Gasteiger partial charge in [0.2, 0.25) is 9.84 Å². The van der Waals surface area contributed by atoms with Crippen LogP contribution in [-0.2, 0) is 21.1 Å². The van der Waals surface area contributed by atoms with E-state index in [4.69, 9.17) is 16.7 Å². The molecule has 36 heavy (non-hydrogen) atoms. The standard InChI is InChI=1S/C25H25ClN2O6S.ClH/c26-20-3-1-2-19(14-20)23(29)15-27-13-12-17-4-8-21(9-5-17)35(33,34)22-10-6-18(7-11-22)25(32)28-16-24(30)31;/h1-11,14,23,27,29H,12-13,15-16H2,(H,28,32)(H,30,31);1H/t23-;/m0./s1. The number of rotatable bonds is 11. The number of hydrogen-bond donors (Lipinski definition) is 4. The van der Waals surface area contributed by atoms with E-state index in [1.54, 1.807) is 36.4 Å². The summed E-state index contributed by atoms with van der Waals surface area (Å²) in [5.74, 6) is -1.78. The molecule has 0 bridgehead atoms. The van der Waals surface area contributed by atoms with Crippen LogP contribution in [-0.4, -0.2) is 50.1 Å². The minimum absolute atomic E-state index is 0. The van der Waals surface area contributed by atoms with Gasteiger partial charge < -0.3 is 20.8 Å². The van der Waals surface area contributed by atoms with Crippen molar-refractivity contribution < 1.29 is 28.2 Å². The van der Waals surface area contributed by atoms with Crippen LogP contribution in [0.2, 0.25) is 5.02 Å². The van der Waals surface area contributed by atoms with Crippen LogP contribution in [0, 0.1) is 0 Å². The molecule has 8 nitrogen and oxygen atoms in total. The van der Waals surface area contributed by atoms with Crippen LogP contribution < -0.4 is 10.6 Å². The molecule has 192 valence electrons. The molecule has 0 aliphatic carbocycles. The second-order valence-corrected chi connectivity index (χ2v) is 10.2. The molecule has 4 N–H and O–H groups in total. The van der Waals surface area contributed by atoms with E-state index in [0.717, 1.165) is 11.1 Å². The van der Waals surface area contributed by atoms with Gasteiger partial charge in [0, 0.05) is 17.1 Å². The molecule has 0 aliphatic heterocycles. The monoisotopic (exact) mass is 552 g/mol. The topological polar surface area (TPSA) is 133 Å². The van der Waals surface area contributed by atoms with Crippen molar-refractivity contribution in [3.63, 3.8) is 0 Å². The van der Waals surface area contributed by atoms with E-state index >= 15 is 0 Å². The van der Waals surface area contributed by atoms with E-state index in [1.807, 2.05) is 0 Å². The van der Waals surface area contributed by atoms with Gasteiger partial charge in [0.25, 0.3) is 5.91 Å². The van der Waals surface area contributed by atoms with Crippen molar-refractivity contribution in [1.29, 1.82) is 0 Å². The minimum Gasteiger partial charge on any atom is -0.480 e. The predicted molar refractivity (Wildman–Crippen MR) is 139 cm³/mol. The van der Waals surface area contributed by atoms with Crippen LogP contribution in [0.4, 0.5) is 0 Å². The Kier molecular flexibility index (Phi) is 10.9. The van der Waals surface area contributed by atoms with Crippen molar-refractivity contribution in [3.8, 4) is 0 Å². The van der Waals surface area contributed by atoms with Gasteiger partial charge in [0.1, 0.15) is 6.54 Å². The smallest absolute Gasteiger partial charge is 0.322 e. The molecule has 1 amide bonds. The molecule has 11 heteroatoms. The lowest BCUT2D eigenvalue weighted by atomic mass is 10.1. The third-order valence-corrected chi connectivity index (χ3v) is 7.24. The molecule has 3 rings (SSSR count). The summed E-state index contributed by atoms with van der Waals surface area (Å²) in [6.07, 6.45) is -0.0428. The third-order valence-electron chi connectivity index (χ3n) is 5.22. The zero-order valence-corrected chi connectivity index (χ0v) is 21.4. The average molecular weight is 553 g/mol.